The van der Waals surface area contributed by atoms with Gasteiger partial charge in [0.05, 0.1) is 13.7 Å². The van der Waals surface area contributed by atoms with Crippen LogP contribution in [0.3, 0.4) is 0 Å². The second kappa shape index (κ2) is 4.45. The summed E-state index contributed by atoms with van der Waals surface area (Å²) in [5.74, 6) is -0.460. The zero-order valence-electron chi connectivity index (χ0n) is 7.99. The van der Waals surface area contributed by atoms with Gasteiger partial charge >= 0.3 is 5.97 Å². The number of H-pyrrole nitrogens is 1. The predicted octanol–water partition coefficient (Wildman–Crippen LogP) is 0.560. The molecule has 0 saturated heterocycles. The second-order valence-electron chi connectivity index (χ2n) is 2.47. The van der Waals surface area contributed by atoms with Crippen LogP contribution in [0.2, 0.25) is 0 Å². The maximum atomic E-state index is 11.3. The monoisotopic (exact) mass is 197 g/mol. The molecule has 0 fully saturated rings. The first-order valence-electron chi connectivity index (χ1n) is 4.13. The largest absolute Gasteiger partial charge is 0.496 e. The summed E-state index contributed by atoms with van der Waals surface area (Å²) >= 11 is 0. The maximum absolute atomic E-state index is 11.3. The lowest BCUT2D eigenvalue weighted by atomic mass is 10.2. The van der Waals surface area contributed by atoms with Crippen LogP contribution in [-0.4, -0.2) is 24.7 Å². The van der Waals surface area contributed by atoms with E-state index >= 15 is 0 Å². The van der Waals surface area contributed by atoms with Crippen molar-refractivity contribution in [2.24, 2.45) is 0 Å². The Balaban J connectivity index is 3.17. The van der Waals surface area contributed by atoms with Crippen LogP contribution in [0.5, 0.6) is 5.75 Å². The van der Waals surface area contributed by atoms with Crippen LogP contribution in [-0.2, 0) is 4.74 Å². The summed E-state index contributed by atoms with van der Waals surface area (Å²) in [6, 6.07) is 1.49. The van der Waals surface area contributed by atoms with Crippen molar-refractivity contribution < 1.29 is 14.3 Å². The van der Waals surface area contributed by atoms with E-state index in [4.69, 9.17) is 9.47 Å². The van der Waals surface area contributed by atoms with Crippen molar-refractivity contribution in [2.45, 2.75) is 6.92 Å². The molecule has 76 valence electrons. The Morgan fingerprint density at radius 3 is 2.86 bits per heavy atom. The van der Waals surface area contributed by atoms with Gasteiger partial charge in [0.15, 0.2) is 5.56 Å². The number of ether oxygens (including phenoxy) is 2. The highest BCUT2D eigenvalue weighted by Crippen LogP contribution is 2.13. The summed E-state index contributed by atoms with van der Waals surface area (Å²) in [4.78, 5) is 25.0. The van der Waals surface area contributed by atoms with Crippen molar-refractivity contribution in [1.29, 1.82) is 0 Å². The molecule has 5 nitrogen and oxygen atoms in total. The molecule has 1 heterocycles. The van der Waals surface area contributed by atoms with Crippen LogP contribution in [0.4, 0.5) is 0 Å². The third-order valence-corrected chi connectivity index (χ3v) is 1.62. The number of rotatable bonds is 3. The van der Waals surface area contributed by atoms with E-state index in [1.54, 1.807) is 6.92 Å². The molecule has 0 spiro atoms. The SMILES string of the molecule is CCOC(=O)c1c(OC)cc[nH]c1=O. The summed E-state index contributed by atoms with van der Waals surface area (Å²) in [7, 11) is 1.39. The predicted molar refractivity (Wildman–Crippen MR) is 49.6 cm³/mol. The molecule has 5 heteroatoms. The van der Waals surface area contributed by atoms with Crippen molar-refractivity contribution in [1.82, 2.24) is 4.98 Å². The van der Waals surface area contributed by atoms with Gasteiger partial charge in [-0.25, -0.2) is 4.79 Å². The first kappa shape index (κ1) is 10.3. The van der Waals surface area contributed by atoms with E-state index in [0.29, 0.717) is 0 Å². The number of hydrogen-bond acceptors (Lipinski definition) is 4. The Morgan fingerprint density at radius 2 is 2.29 bits per heavy atom. The molecule has 0 unspecified atom stereocenters. The van der Waals surface area contributed by atoms with Crippen LogP contribution in [0.15, 0.2) is 17.1 Å². The molecule has 0 aromatic carbocycles. The van der Waals surface area contributed by atoms with Gasteiger partial charge in [0.1, 0.15) is 5.75 Å². The van der Waals surface area contributed by atoms with Gasteiger partial charge in [-0.3, -0.25) is 4.79 Å². The Bertz CT molecular complexity index is 383. The van der Waals surface area contributed by atoms with Gasteiger partial charge in [0.25, 0.3) is 5.56 Å². The smallest absolute Gasteiger partial charge is 0.347 e. The normalized spacial score (nSPS) is 9.57. The summed E-state index contributed by atoms with van der Waals surface area (Å²) in [6.45, 7) is 1.89. The van der Waals surface area contributed by atoms with Crippen molar-refractivity contribution in [3.63, 3.8) is 0 Å². The molecule has 0 saturated carbocycles. The van der Waals surface area contributed by atoms with E-state index in [2.05, 4.69) is 4.98 Å². The lowest BCUT2D eigenvalue weighted by Crippen LogP contribution is -2.20. The first-order valence-corrected chi connectivity index (χ1v) is 4.13. The summed E-state index contributed by atoms with van der Waals surface area (Å²) in [5, 5.41) is 0. The molecule has 0 aliphatic carbocycles. The van der Waals surface area contributed by atoms with Crippen LogP contribution in [0.1, 0.15) is 17.3 Å². The Kier molecular flexibility index (Phi) is 3.28. The number of aromatic amines is 1. The number of methoxy groups -OCH3 is 1. The molecular formula is C9H11NO4. The summed E-state index contributed by atoms with van der Waals surface area (Å²) < 4.78 is 9.59. The van der Waals surface area contributed by atoms with E-state index in [-0.39, 0.29) is 17.9 Å². The van der Waals surface area contributed by atoms with E-state index in [9.17, 15) is 9.59 Å². The van der Waals surface area contributed by atoms with Gasteiger partial charge in [0.2, 0.25) is 0 Å². The van der Waals surface area contributed by atoms with E-state index in [1.807, 2.05) is 0 Å². The van der Waals surface area contributed by atoms with Crippen LogP contribution >= 0.6 is 0 Å². The molecule has 0 aliphatic heterocycles. The number of carbonyl (C=O) groups is 1. The molecule has 0 bridgehead atoms. The average Bonchev–Trinajstić information content (AvgIpc) is 2.17. The van der Waals surface area contributed by atoms with Gasteiger partial charge in [-0.05, 0) is 13.0 Å². The fraction of sp³-hybridized carbons (Fsp3) is 0.333. The van der Waals surface area contributed by atoms with E-state index in [0.717, 1.165) is 0 Å². The quantitative estimate of drug-likeness (QED) is 0.719. The zero-order chi connectivity index (χ0) is 10.6. The van der Waals surface area contributed by atoms with E-state index in [1.165, 1.54) is 19.4 Å². The Hall–Kier alpha value is -1.78. The number of carbonyl (C=O) groups excluding carboxylic acids is 1. The summed E-state index contributed by atoms with van der Waals surface area (Å²) in [6.07, 6.45) is 1.41. The molecule has 1 N–H and O–H groups in total. The topological polar surface area (TPSA) is 68.4 Å². The van der Waals surface area contributed by atoms with E-state index < -0.39 is 11.5 Å². The molecule has 0 atom stereocenters. The number of pyridine rings is 1. The fourth-order valence-electron chi connectivity index (χ4n) is 1.03. The third kappa shape index (κ3) is 1.93. The van der Waals surface area contributed by atoms with Crippen LogP contribution in [0, 0.1) is 0 Å². The molecule has 0 radical (unpaired) electrons. The highest BCUT2D eigenvalue weighted by molar-refractivity contribution is 5.91. The minimum Gasteiger partial charge on any atom is -0.496 e. The fourth-order valence-corrected chi connectivity index (χ4v) is 1.03. The standard InChI is InChI=1S/C9H11NO4/c1-3-14-9(12)7-6(13-2)4-5-10-8(7)11/h4-5H,3H2,1-2H3,(H,10,11). The van der Waals surface area contributed by atoms with Crippen molar-refractivity contribution >= 4 is 5.97 Å². The number of aromatic nitrogens is 1. The van der Waals surface area contributed by atoms with Gasteiger partial charge < -0.3 is 14.5 Å². The summed E-state index contributed by atoms with van der Waals surface area (Å²) in [5.41, 5.74) is -0.611. The number of hydrogen-bond donors (Lipinski definition) is 1. The van der Waals surface area contributed by atoms with Gasteiger partial charge in [-0.1, -0.05) is 0 Å². The molecule has 1 aromatic rings. The molecule has 1 rings (SSSR count). The number of esters is 1. The molecule has 1 aromatic heterocycles. The average molecular weight is 197 g/mol. The van der Waals surface area contributed by atoms with Crippen LogP contribution in [0.25, 0.3) is 0 Å². The van der Waals surface area contributed by atoms with Gasteiger partial charge in [-0.15, -0.1) is 0 Å². The Labute approximate surface area is 80.7 Å². The first-order chi connectivity index (χ1) is 6.70. The Morgan fingerprint density at radius 1 is 1.57 bits per heavy atom. The molecule has 0 amide bonds. The maximum Gasteiger partial charge on any atom is 0.347 e. The zero-order valence-corrected chi connectivity index (χ0v) is 7.99. The lowest BCUT2D eigenvalue weighted by molar-refractivity contribution is 0.0520. The minimum absolute atomic E-state index is 0.100. The minimum atomic E-state index is -0.675. The highest BCUT2D eigenvalue weighted by atomic mass is 16.5. The van der Waals surface area contributed by atoms with Gasteiger partial charge in [0, 0.05) is 6.20 Å². The van der Waals surface area contributed by atoms with Crippen molar-refractivity contribution in [3.8, 4) is 5.75 Å². The van der Waals surface area contributed by atoms with Crippen LogP contribution < -0.4 is 10.3 Å². The molecule has 14 heavy (non-hydrogen) atoms. The van der Waals surface area contributed by atoms with Crippen molar-refractivity contribution in [2.75, 3.05) is 13.7 Å². The third-order valence-electron chi connectivity index (χ3n) is 1.62. The van der Waals surface area contributed by atoms with Crippen molar-refractivity contribution in [3.05, 3.63) is 28.2 Å². The van der Waals surface area contributed by atoms with Gasteiger partial charge in [-0.2, -0.15) is 0 Å². The molecular weight excluding hydrogens is 186 g/mol. The second-order valence-corrected chi connectivity index (χ2v) is 2.47. The molecule has 0 aliphatic rings. The number of nitrogens with one attached hydrogen (secondary N) is 1. The highest BCUT2D eigenvalue weighted by Gasteiger charge is 2.17. The lowest BCUT2D eigenvalue weighted by Gasteiger charge is -2.05.